The van der Waals surface area contributed by atoms with Crippen molar-refractivity contribution in [2.75, 3.05) is 0 Å². The van der Waals surface area contributed by atoms with Crippen LogP contribution in [0.15, 0.2) is 54.6 Å². The minimum Gasteiger partial charge on any atom is -0.456 e. The number of hydrogen-bond donors (Lipinski definition) is 0. The molecule has 0 unspecified atom stereocenters. The van der Waals surface area contributed by atoms with E-state index in [0.29, 0.717) is 10.4 Å². The van der Waals surface area contributed by atoms with Gasteiger partial charge in [0.1, 0.15) is 11.5 Å². The lowest BCUT2D eigenvalue weighted by Gasteiger charge is -2.04. The van der Waals surface area contributed by atoms with Crippen molar-refractivity contribution in [2.24, 2.45) is 0 Å². The Morgan fingerprint density at radius 1 is 1.14 bits per heavy atom. The molecule has 3 aromatic rings. The highest BCUT2D eigenvalue weighted by molar-refractivity contribution is 7.20. The average molecular weight is 313 g/mol. The van der Waals surface area contributed by atoms with Gasteiger partial charge in [0.25, 0.3) is 5.69 Å². The molecular weight excluding hydrogens is 302 g/mol. The number of nitrogens with zero attached hydrogens (tertiary/aromatic N) is 1. The molecule has 0 aliphatic heterocycles. The fraction of sp³-hybridized carbons (Fsp3) is 0.0625. The van der Waals surface area contributed by atoms with Crippen molar-refractivity contribution in [3.8, 4) is 0 Å². The van der Waals surface area contributed by atoms with E-state index in [1.807, 2.05) is 24.3 Å². The second-order valence-corrected chi connectivity index (χ2v) is 5.69. The van der Waals surface area contributed by atoms with Crippen molar-refractivity contribution < 1.29 is 14.5 Å². The zero-order chi connectivity index (χ0) is 15.5. The van der Waals surface area contributed by atoms with Crippen molar-refractivity contribution in [1.82, 2.24) is 0 Å². The normalized spacial score (nSPS) is 10.5. The van der Waals surface area contributed by atoms with Crippen LogP contribution in [0.5, 0.6) is 0 Å². The summed E-state index contributed by atoms with van der Waals surface area (Å²) in [4.78, 5) is 23.0. The molecular formula is C16H11NO4S. The summed E-state index contributed by atoms with van der Waals surface area (Å²) in [6.07, 6.45) is 0. The largest absolute Gasteiger partial charge is 0.456 e. The number of rotatable bonds is 4. The molecule has 6 heteroatoms. The quantitative estimate of drug-likeness (QED) is 0.412. The monoisotopic (exact) mass is 313 g/mol. The minimum atomic E-state index is -0.484. The zero-order valence-corrected chi connectivity index (χ0v) is 12.2. The van der Waals surface area contributed by atoms with Crippen molar-refractivity contribution >= 4 is 33.1 Å². The highest BCUT2D eigenvalue weighted by atomic mass is 32.1. The topological polar surface area (TPSA) is 69.4 Å². The molecule has 0 amide bonds. The SMILES string of the molecule is O=C(OCc1ccccc1[N+](=O)[O-])c1cc2ccccc2s1. The third-order valence-corrected chi connectivity index (χ3v) is 4.27. The van der Waals surface area contributed by atoms with Gasteiger partial charge in [-0.05, 0) is 23.6 Å². The lowest BCUT2D eigenvalue weighted by atomic mass is 10.2. The van der Waals surface area contributed by atoms with Crippen molar-refractivity contribution in [3.05, 3.63) is 75.2 Å². The van der Waals surface area contributed by atoms with Crippen LogP contribution in [-0.2, 0) is 11.3 Å². The number of esters is 1. The van der Waals surface area contributed by atoms with Gasteiger partial charge in [-0.25, -0.2) is 4.79 Å². The van der Waals surface area contributed by atoms with Gasteiger partial charge < -0.3 is 4.74 Å². The van der Waals surface area contributed by atoms with Gasteiger partial charge in [-0.2, -0.15) is 0 Å². The van der Waals surface area contributed by atoms with Crippen molar-refractivity contribution in [1.29, 1.82) is 0 Å². The van der Waals surface area contributed by atoms with Crippen molar-refractivity contribution in [3.63, 3.8) is 0 Å². The molecule has 22 heavy (non-hydrogen) atoms. The lowest BCUT2D eigenvalue weighted by Crippen LogP contribution is -2.04. The summed E-state index contributed by atoms with van der Waals surface area (Å²) in [5.74, 6) is -0.473. The standard InChI is InChI=1S/C16H11NO4S/c18-16(15-9-11-5-2-4-8-14(11)22-15)21-10-12-6-1-3-7-13(12)17(19)20/h1-9H,10H2. The van der Waals surface area contributed by atoms with E-state index in [1.165, 1.54) is 17.4 Å². The molecule has 1 heterocycles. The number of hydrogen-bond acceptors (Lipinski definition) is 5. The minimum absolute atomic E-state index is 0.0494. The van der Waals surface area contributed by atoms with E-state index in [9.17, 15) is 14.9 Å². The molecule has 0 spiro atoms. The van der Waals surface area contributed by atoms with Gasteiger partial charge in [-0.15, -0.1) is 11.3 Å². The summed E-state index contributed by atoms with van der Waals surface area (Å²) in [6, 6.07) is 15.6. The van der Waals surface area contributed by atoms with E-state index < -0.39 is 10.9 Å². The fourth-order valence-corrected chi connectivity index (χ4v) is 3.06. The Kier molecular flexibility index (Phi) is 3.84. The third-order valence-electron chi connectivity index (χ3n) is 3.17. The molecule has 0 saturated heterocycles. The predicted octanol–water partition coefficient (Wildman–Crippen LogP) is 4.17. The second-order valence-electron chi connectivity index (χ2n) is 4.61. The molecule has 0 aliphatic rings. The third kappa shape index (κ3) is 2.82. The number of carbonyl (C=O) groups is 1. The Bertz CT molecular complexity index is 823. The molecule has 2 aromatic carbocycles. The highest BCUT2D eigenvalue weighted by Crippen LogP contribution is 2.26. The van der Waals surface area contributed by atoms with Gasteiger partial charge in [-0.3, -0.25) is 10.1 Å². The van der Waals surface area contributed by atoms with Gasteiger partial charge in [0.2, 0.25) is 0 Å². The van der Waals surface area contributed by atoms with E-state index in [2.05, 4.69) is 0 Å². The van der Waals surface area contributed by atoms with Crippen LogP contribution >= 0.6 is 11.3 Å². The summed E-state index contributed by atoms with van der Waals surface area (Å²) >= 11 is 1.34. The maximum atomic E-state index is 12.1. The Morgan fingerprint density at radius 2 is 1.86 bits per heavy atom. The van der Waals surface area contributed by atoms with Crippen molar-refractivity contribution in [2.45, 2.75) is 6.61 Å². The number of fused-ring (bicyclic) bond motifs is 1. The van der Waals surface area contributed by atoms with Crippen LogP contribution in [0.3, 0.4) is 0 Å². The molecule has 0 bridgehead atoms. The molecule has 0 aliphatic carbocycles. The Morgan fingerprint density at radius 3 is 2.64 bits per heavy atom. The smallest absolute Gasteiger partial charge is 0.348 e. The Hall–Kier alpha value is -2.73. The van der Waals surface area contributed by atoms with Gasteiger partial charge in [0.15, 0.2) is 0 Å². The lowest BCUT2D eigenvalue weighted by molar-refractivity contribution is -0.385. The molecule has 0 atom stereocenters. The summed E-state index contributed by atoms with van der Waals surface area (Å²) in [7, 11) is 0. The van der Waals surface area contributed by atoms with Crippen LogP contribution in [0, 0.1) is 10.1 Å². The fourth-order valence-electron chi connectivity index (χ4n) is 2.11. The van der Waals surface area contributed by atoms with E-state index in [4.69, 9.17) is 4.74 Å². The van der Waals surface area contributed by atoms with Crippen LogP contribution in [0.2, 0.25) is 0 Å². The molecule has 0 saturated carbocycles. The molecule has 3 rings (SSSR count). The molecule has 5 nitrogen and oxygen atoms in total. The maximum Gasteiger partial charge on any atom is 0.348 e. The average Bonchev–Trinajstić information content (AvgIpc) is 2.97. The van der Waals surface area contributed by atoms with E-state index >= 15 is 0 Å². The molecule has 1 aromatic heterocycles. The summed E-state index contributed by atoms with van der Waals surface area (Å²) < 4.78 is 6.20. The summed E-state index contributed by atoms with van der Waals surface area (Å²) in [5, 5.41) is 11.9. The van der Waals surface area contributed by atoms with Gasteiger partial charge in [0.05, 0.1) is 10.5 Å². The number of nitro benzene ring substituents is 1. The van der Waals surface area contributed by atoms with Crippen LogP contribution in [0.1, 0.15) is 15.2 Å². The van der Waals surface area contributed by atoms with E-state index in [-0.39, 0.29) is 12.3 Å². The molecule has 0 N–H and O–H groups in total. The van der Waals surface area contributed by atoms with Crippen LogP contribution in [0.25, 0.3) is 10.1 Å². The first-order chi connectivity index (χ1) is 10.6. The molecule has 0 radical (unpaired) electrons. The van der Waals surface area contributed by atoms with E-state index in [1.54, 1.807) is 24.3 Å². The first kappa shape index (κ1) is 14.2. The highest BCUT2D eigenvalue weighted by Gasteiger charge is 2.16. The first-order valence-corrected chi connectivity index (χ1v) is 7.35. The number of benzene rings is 2. The van der Waals surface area contributed by atoms with Crippen LogP contribution in [-0.4, -0.2) is 10.9 Å². The van der Waals surface area contributed by atoms with Gasteiger partial charge in [-0.1, -0.05) is 30.3 Å². The van der Waals surface area contributed by atoms with Crippen LogP contribution in [0.4, 0.5) is 5.69 Å². The number of para-hydroxylation sites is 1. The number of thiophene rings is 1. The van der Waals surface area contributed by atoms with E-state index in [0.717, 1.165) is 10.1 Å². The Labute approximate surface area is 129 Å². The number of carbonyl (C=O) groups excluding carboxylic acids is 1. The zero-order valence-electron chi connectivity index (χ0n) is 11.4. The second kappa shape index (κ2) is 5.95. The summed E-state index contributed by atoms with van der Waals surface area (Å²) in [6.45, 7) is -0.121. The predicted molar refractivity (Wildman–Crippen MR) is 84.0 cm³/mol. The maximum absolute atomic E-state index is 12.1. The molecule has 0 fully saturated rings. The number of nitro groups is 1. The van der Waals surface area contributed by atoms with Crippen LogP contribution < -0.4 is 0 Å². The van der Waals surface area contributed by atoms with Gasteiger partial charge >= 0.3 is 5.97 Å². The number of ether oxygens (including phenoxy) is 1. The first-order valence-electron chi connectivity index (χ1n) is 6.53. The van der Waals surface area contributed by atoms with Gasteiger partial charge in [0, 0.05) is 10.8 Å². The Balaban J connectivity index is 1.76. The molecule has 110 valence electrons. The summed E-state index contributed by atoms with van der Waals surface area (Å²) in [5.41, 5.74) is 0.327.